The third-order valence-corrected chi connectivity index (χ3v) is 3.06. The molecule has 1 atom stereocenters. The predicted molar refractivity (Wildman–Crippen MR) is 59.6 cm³/mol. The molecule has 2 N–H and O–H groups in total. The first kappa shape index (κ1) is 10.5. The Morgan fingerprint density at radius 2 is 2.53 bits per heavy atom. The summed E-state index contributed by atoms with van der Waals surface area (Å²) in [7, 11) is 0. The minimum Gasteiger partial charge on any atom is -0.396 e. The van der Waals surface area contributed by atoms with Gasteiger partial charge < -0.3 is 10.5 Å². The van der Waals surface area contributed by atoms with Crippen molar-refractivity contribution in [1.82, 2.24) is 9.78 Å². The highest BCUT2D eigenvalue weighted by Crippen LogP contribution is 2.17. The highest BCUT2D eigenvalue weighted by molar-refractivity contribution is 5.39. The van der Waals surface area contributed by atoms with Crippen LogP contribution >= 0.6 is 0 Å². The number of ether oxygens (including phenoxy) is 1. The summed E-state index contributed by atoms with van der Waals surface area (Å²) < 4.78 is 7.55. The molecular weight excluding hydrogens is 190 g/mol. The van der Waals surface area contributed by atoms with Gasteiger partial charge in [-0.2, -0.15) is 5.10 Å². The minimum absolute atomic E-state index is 0.484. The molecule has 0 aliphatic carbocycles. The number of aromatic nitrogens is 2. The number of rotatable bonds is 4. The summed E-state index contributed by atoms with van der Waals surface area (Å²) in [6.45, 7) is 3.90. The van der Waals surface area contributed by atoms with Crippen LogP contribution in [0.25, 0.3) is 0 Å². The first-order valence-corrected chi connectivity index (χ1v) is 5.67. The molecule has 0 amide bonds. The molecule has 15 heavy (non-hydrogen) atoms. The van der Waals surface area contributed by atoms with Gasteiger partial charge in [0.25, 0.3) is 0 Å². The van der Waals surface area contributed by atoms with Crippen molar-refractivity contribution < 1.29 is 4.74 Å². The van der Waals surface area contributed by atoms with E-state index in [0.717, 1.165) is 37.4 Å². The number of anilines is 1. The van der Waals surface area contributed by atoms with Gasteiger partial charge in [0.15, 0.2) is 0 Å². The van der Waals surface area contributed by atoms with E-state index in [2.05, 4.69) is 5.10 Å². The highest BCUT2D eigenvalue weighted by Gasteiger charge is 2.14. The van der Waals surface area contributed by atoms with Crippen LogP contribution in [-0.2, 0) is 11.3 Å². The van der Waals surface area contributed by atoms with Crippen LogP contribution < -0.4 is 5.73 Å². The molecular formula is C11H19N3O. The fourth-order valence-electron chi connectivity index (χ4n) is 2.03. The largest absolute Gasteiger partial charge is 0.396 e. The van der Waals surface area contributed by atoms with Crippen LogP contribution in [-0.4, -0.2) is 22.5 Å². The van der Waals surface area contributed by atoms with Crippen LogP contribution in [0.2, 0.25) is 0 Å². The third-order valence-electron chi connectivity index (χ3n) is 3.06. The van der Waals surface area contributed by atoms with Crippen molar-refractivity contribution in [3.8, 4) is 0 Å². The smallest absolute Gasteiger partial charge is 0.0730 e. The molecule has 0 aromatic carbocycles. The Balaban J connectivity index is 1.75. The van der Waals surface area contributed by atoms with E-state index in [9.17, 15) is 0 Å². The number of nitrogens with zero attached hydrogens (tertiary/aromatic N) is 2. The van der Waals surface area contributed by atoms with Crippen molar-refractivity contribution in [2.45, 2.75) is 45.3 Å². The molecule has 1 unspecified atom stereocenters. The molecule has 1 fully saturated rings. The molecule has 2 heterocycles. The van der Waals surface area contributed by atoms with Crippen LogP contribution in [0.4, 0.5) is 5.69 Å². The Labute approximate surface area is 90.4 Å². The van der Waals surface area contributed by atoms with E-state index in [4.69, 9.17) is 10.5 Å². The van der Waals surface area contributed by atoms with Gasteiger partial charge in [0.2, 0.25) is 0 Å². The lowest BCUT2D eigenvalue weighted by Crippen LogP contribution is -2.08. The Morgan fingerprint density at radius 3 is 3.13 bits per heavy atom. The molecule has 2 rings (SSSR count). The van der Waals surface area contributed by atoms with Crippen molar-refractivity contribution in [2.24, 2.45) is 0 Å². The molecule has 84 valence electrons. The Morgan fingerprint density at radius 1 is 1.67 bits per heavy atom. The minimum atomic E-state index is 0.484. The SMILES string of the molecule is Cc1c(N)cnn1CCCC1CCCO1. The molecule has 4 nitrogen and oxygen atoms in total. The van der Waals surface area contributed by atoms with Gasteiger partial charge in [-0.25, -0.2) is 0 Å². The second-order valence-electron chi connectivity index (χ2n) is 4.19. The molecule has 4 heteroatoms. The van der Waals surface area contributed by atoms with Gasteiger partial charge >= 0.3 is 0 Å². The van der Waals surface area contributed by atoms with Crippen molar-refractivity contribution in [1.29, 1.82) is 0 Å². The molecule has 1 saturated heterocycles. The Kier molecular flexibility index (Phi) is 3.26. The zero-order chi connectivity index (χ0) is 10.7. The van der Waals surface area contributed by atoms with E-state index in [-0.39, 0.29) is 0 Å². The second-order valence-corrected chi connectivity index (χ2v) is 4.19. The lowest BCUT2D eigenvalue weighted by molar-refractivity contribution is 0.101. The molecule has 1 aliphatic heterocycles. The standard InChI is InChI=1S/C11H19N3O/c1-9-11(12)8-13-14(9)6-2-4-10-5-3-7-15-10/h8,10H,2-7,12H2,1H3. The first-order chi connectivity index (χ1) is 7.27. The quantitative estimate of drug-likeness (QED) is 0.821. The van der Waals surface area contributed by atoms with Gasteiger partial charge in [-0.3, -0.25) is 4.68 Å². The Bertz CT molecular complexity index is 316. The zero-order valence-electron chi connectivity index (χ0n) is 9.28. The normalized spacial score (nSPS) is 21.0. The first-order valence-electron chi connectivity index (χ1n) is 5.67. The molecule has 1 aliphatic rings. The van der Waals surface area contributed by atoms with E-state index in [1.54, 1.807) is 6.20 Å². The number of hydrogen-bond donors (Lipinski definition) is 1. The van der Waals surface area contributed by atoms with Crippen LogP contribution in [0.3, 0.4) is 0 Å². The van der Waals surface area contributed by atoms with Gasteiger partial charge in [-0.1, -0.05) is 0 Å². The Hall–Kier alpha value is -1.03. The van der Waals surface area contributed by atoms with E-state index in [0.29, 0.717) is 6.10 Å². The third kappa shape index (κ3) is 2.50. The van der Waals surface area contributed by atoms with Crippen LogP contribution in [0.1, 0.15) is 31.4 Å². The van der Waals surface area contributed by atoms with E-state index < -0.39 is 0 Å². The maximum Gasteiger partial charge on any atom is 0.0730 e. The fraction of sp³-hybridized carbons (Fsp3) is 0.727. The molecule has 0 radical (unpaired) electrons. The van der Waals surface area contributed by atoms with Crippen molar-refractivity contribution in [2.75, 3.05) is 12.3 Å². The summed E-state index contributed by atoms with van der Waals surface area (Å²) in [5.41, 5.74) is 7.58. The summed E-state index contributed by atoms with van der Waals surface area (Å²) in [5, 5.41) is 4.23. The second kappa shape index (κ2) is 4.66. The fourth-order valence-corrected chi connectivity index (χ4v) is 2.03. The molecule has 0 spiro atoms. The molecule has 1 aromatic rings. The number of nitrogen functional groups attached to an aromatic ring is 1. The summed E-state index contributed by atoms with van der Waals surface area (Å²) >= 11 is 0. The maximum absolute atomic E-state index is 5.73. The average Bonchev–Trinajstić information content (AvgIpc) is 2.83. The number of aryl methyl sites for hydroxylation is 1. The lowest BCUT2D eigenvalue weighted by Gasteiger charge is -2.09. The van der Waals surface area contributed by atoms with E-state index in [1.807, 2.05) is 11.6 Å². The highest BCUT2D eigenvalue weighted by atomic mass is 16.5. The van der Waals surface area contributed by atoms with Gasteiger partial charge in [-0.15, -0.1) is 0 Å². The van der Waals surface area contributed by atoms with Crippen molar-refractivity contribution in [3.05, 3.63) is 11.9 Å². The van der Waals surface area contributed by atoms with Crippen molar-refractivity contribution >= 4 is 5.69 Å². The lowest BCUT2D eigenvalue weighted by atomic mass is 10.1. The summed E-state index contributed by atoms with van der Waals surface area (Å²) in [4.78, 5) is 0. The summed E-state index contributed by atoms with van der Waals surface area (Å²) in [6, 6.07) is 0. The van der Waals surface area contributed by atoms with Crippen molar-refractivity contribution in [3.63, 3.8) is 0 Å². The molecule has 0 bridgehead atoms. The predicted octanol–water partition coefficient (Wildman–Crippen LogP) is 1.73. The number of nitrogens with two attached hydrogens (primary N) is 1. The molecule has 0 saturated carbocycles. The van der Waals surface area contributed by atoms with E-state index >= 15 is 0 Å². The van der Waals surface area contributed by atoms with E-state index in [1.165, 1.54) is 12.8 Å². The van der Waals surface area contributed by atoms with Crippen LogP contribution in [0.15, 0.2) is 6.20 Å². The summed E-state index contributed by atoms with van der Waals surface area (Å²) in [5.74, 6) is 0. The number of hydrogen-bond acceptors (Lipinski definition) is 3. The van der Waals surface area contributed by atoms with Gasteiger partial charge in [-0.05, 0) is 32.6 Å². The van der Waals surface area contributed by atoms with Crippen LogP contribution in [0, 0.1) is 6.92 Å². The average molecular weight is 209 g/mol. The maximum atomic E-state index is 5.73. The van der Waals surface area contributed by atoms with Crippen LogP contribution in [0.5, 0.6) is 0 Å². The van der Waals surface area contributed by atoms with Gasteiger partial charge in [0, 0.05) is 13.2 Å². The topological polar surface area (TPSA) is 53.1 Å². The monoisotopic (exact) mass is 209 g/mol. The van der Waals surface area contributed by atoms with Gasteiger partial charge in [0.1, 0.15) is 0 Å². The van der Waals surface area contributed by atoms with Gasteiger partial charge in [0.05, 0.1) is 23.7 Å². The molecule has 1 aromatic heterocycles. The zero-order valence-corrected chi connectivity index (χ0v) is 9.28. The summed E-state index contributed by atoms with van der Waals surface area (Å²) in [6.07, 6.45) is 6.91.